The molecule has 2 amide bonds. The molecule has 4 saturated heterocycles. The van der Waals surface area contributed by atoms with Crippen LogP contribution in [-0.2, 0) is 20.9 Å². The van der Waals surface area contributed by atoms with Crippen molar-refractivity contribution in [1.29, 1.82) is 0 Å². The average Bonchev–Trinajstić information content (AvgIpc) is 3.46. The lowest BCUT2D eigenvalue weighted by atomic mass is 9.82. The second-order valence-electron chi connectivity index (χ2n) is 13.5. The summed E-state index contributed by atoms with van der Waals surface area (Å²) >= 11 is 0. The third kappa shape index (κ3) is 4.18. The topological polar surface area (TPSA) is 118 Å². The second-order valence-corrected chi connectivity index (χ2v) is 13.5. The number of likely N-dealkylation sites (N-methyl/N-ethyl adjacent to an activating group) is 1. The Bertz CT molecular complexity index is 1620. The third-order valence-electron chi connectivity index (χ3n) is 10.8. The van der Waals surface area contributed by atoms with Gasteiger partial charge in [-0.15, -0.1) is 0 Å². The predicted molar refractivity (Wildman–Crippen MR) is 155 cm³/mol. The van der Waals surface area contributed by atoms with Gasteiger partial charge in [-0.3, -0.25) is 14.4 Å². The molecule has 224 valence electrons. The van der Waals surface area contributed by atoms with E-state index in [9.17, 15) is 29.4 Å². The summed E-state index contributed by atoms with van der Waals surface area (Å²) < 4.78 is 1.85. The summed E-state index contributed by atoms with van der Waals surface area (Å²) in [5, 5.41) is 22.2. The summed E-state index contributed by atoms with van der Waals surface area (Å²) in [6, 6.07) is 11.1. The summed E-state index contributed by atoms with van der Waals surface area (Å²) in [6.07, 6.45) is -0.559. The Morgan fingerprint density at radius 1 is 0.953 bits per heavy atom. The molecule has 2 aromatic rings. The van der Waals surface area contributed by atoms with Crippen molar-refractivity contribution in [3.05, 3.63) is 64.3 Å². The Morgan fingerprint density at radius 3 is 2.23 bits per heavy atom. The number of carboxylic acids is 1. The molecule has 5 heterocycles. The molecule has 0 spiro atoms. The molecule has 0 aromatic heterocycles. The molecule has 43 heavy (non-hydrogen) atoms. The molecule has 0 saturated carbocycles. The van der Waals surface area contributed by atoms with Gasteiger partial charge in [-0.1, -0.05) is 18.2 Å². The van der Waals surface area contributed by atoms with Crippen LogP contribution in [0, 0.1) is 5.92 Å². The van der Waals surface area contributed by atoms with Crippen LogP contribution in [0.2, 0.25) is 0 Å². The molecular weight excluding hydrogens is 548 g/mol. The Balaban J connectivity index is 1.13. The van der Waals surface area contributed by atoms with E-state index in [-0.39, 0.29) is 17.4 Å². The molecule has 1 N–H and O–H groups in total. The van der Waals surface area contributed by atoms with Gasteiger partial charge >= 0.3 is 0 Å². The number of fused-ring (bicyclic) bond motifs is 7. The maximum absolute atomic E-state index is 13.5. The highest BCUT2D eigenvalue weighted by atomic mass is 16.4. The zero-order valence-electron chi connectivity index (χ0n) is 24.8. The standard InChI is InChI=1S/C33H37N4O6/c1-19(38)29-27-16-24(30(33(42)43)35(27)32(29)41)21-5-7-23-25(15-21)22-6-4-20(14-26(22)31(23)40)17-36-8-11-37(12-9-36,13-10-36)18-28(39)34(2)3/h4-7,14-15,19,27,29,38H,8-13,16-18H2,1-3H3/q+1/t19-,27-,29-,36?,37?/m1/s1. The summed E-state index contributed by atoms with van der Waals surface area (Å²) in [7, 11) is 3.63. The molecule has 10 heteroatoms. The van der Waals surface area contributed by atoms with Crippen LogP contribution < -0.4 is 5.11 Å². The van der Waals surface area contributed by atoms with Crippen molar-refractivity contribution < 1.29 is 38.4 Å². The third-order valence-corrected chi connectivity index (χ3v) is 10.8. The van der Waals surface area contributed by atoms with E-state index in [0.29, 0.717) is 35.2 Å². The van der Waals surface area contributed by atoms with E-state index in [0.717, 1.165) is 71.5 Å². The normalized spacial score (nSPS) is 29.3. The number of quaternary nitrogens is 2. The van der Waals surface area contributed by atoms with Gasteiger partial charge in [0.1, 0.15) is 45.8 Å². The molecule has 5 aliphatic heterocycles. The van der Waals surface area contributed by atoms with Gasteiger partial charge in [-0.25, -0.2) is 0 Å². The lowest BCUT2D eigenvalue weighted by Gasteiger charge is -2.55. The van der Waals surface area contributed by atoms with Crippen molar-refractivity contribution in [2.24, 2.45) is 5.92 Å². The minimum Gasteiger partial charge on any atom is -0.543 e. The van der Waals surface area contributed by atoms with Crippen LogP contribution in [0.4, 0.5) is 0 Å². The van der Waals surface area contributed by atoms with Gasteiger partial charge in [0, 0.05) is 30.8 Å². The van der Waals surface area contributed by atoms with Crippen molar-refractivity contribution in [1.82, 2.24) is 9.80 Å². The number of aliphatic hydroxyl groups excluding tert-OH is 1. The van der Waals surface area contributed by atoms with E-state index < -0.39 is 29.9 Å². The van der Waals surface area contributed by atoms with Gasteiger partial charge in [-0.2, -0.15) is 0 Å². The first kappa shape index (κ1) is 27.9. The molecule has 8 rings (SSSR count). The highest BCUT2D eigenvalue weighted by molar-refractivity contribution is 6.22. The Hall–Kier alpha value is -3.86. The number of β-lactam (4-membered cyclic amide) rings is 1. The molecular formula is C33H37N4O6+. The number of carboxylic acid groups (broad SMARTS) is 1. The van der Waals surface area contributed by atoms with Crippen LogP contribution in [0.5, 0.6) is 0 Å². The molecule has 3 atom stereocenters. The Morgan fingerprint density at radius 2 is 1.60 bits per heavy atom. The number of hydrogen-bond donors (Lipinski definition) is 1. The number of benzene rings is 2. The first-order chi connectivity index (χ1) is 20.4. The van der Waals surface area contributed by atoms with Crippen LogP contribution in [0.3, 0.4) is 0 Å². The first-order valence-electron chi connectivity index (χ1n) is 15.1. The first-order valence-corrected chi connectivity index (χ1v) is 15.1. The van der Waals surface area contributed by atoms with Crippen LogP contribution in [0.15, 0.2) is 42.1 Å². The fourth-order valence-electron chi connectivity index (χ4n) is 8.16. The van der Waals surface area contributed by atoms with Gasteiger partial charge in [0.15, 0.2) is 12.3 Å². The molecule has 1 aliphatic carbocycles. The van der Waals surface area contributed by atoms with E-state index in [1.54, 1.807) is 24.0 Å². The number of aliphatic hydroxyl groups is 1. The second kappa shape index (κ2) is 9.57. The van der Waals surface area contributed by atoms with Gasteiger partial charge < -0.3 is 33.8 Å². The maximum Gasteiger partial charge on any atom is 0.277 e. The summed E-state index contributed by atoms with van der Waals surface area (Å²) in [5.41, 5.74) is 4.95. The number of aliphatic carboxylic acids is 1. The minimum absolute atomic E-state index is 0.0396. The van der Waals surface area contributed by atoms with Crippen molar-refractivity contribution >= 4 is 29.1 Å². The van der Waals surface area contributed by atoms with Crippen molar-refractivity contribution in [2.75, 3.05) is 59.9 Å². The number of amides is 2. The molecule has 10 nitrogen and oxygen atoms in total. The SMILES string of the molecule is C[C@@H](O)[C@H]1C(=O)N2C(C(=O)[O-])=C(c3ccc4c(c3)-c3ccc(C[N+]56CC[N+](CC(=O)N(C)C)(CC5)CC6)cc3C4=O)C[C@H]12. The summed E-state index contributed by atoms with van der Waals surface area (Å²) in [5.74, 6) is -2.31. The van der Waals surface area contributed by atoms with E-state index >= 15 is 0 Å². The molecule has 0 unspecified atom stereocenters. The highest BCUT2D eigenvalue weighted by Crippen LogP contribution is 2.48. The number of ketones is 1. The molecule has 2 bridgehead atoms. The van der Waals surface area contributed by atoms with E-state index in [2.05, 4.69) is 6.07 Å². The fourth-order valence-corrected chi connectivity index (χ4v) is 8.16. The van der Waals surface area contributed by atoms with Crippen LogP contribution >= 0.6 is 0 Å². The van der Waals surface area contributed by atoms with Gasteiger partial charge in [0.25, 0.3) is 5.91 Å². The molecule has 4 fully saturated rings. The fraction of sp³-hybridized carbons (Fsp3) is 0.455. The minimum atomic E-state index is -1.42. The zero-order chi connectivity index (χ0) is 30.4. The maximum atomic E-state index is 13.5. The largest absolute Gasteiger partial charge is 0.543 e. The van der Waals surface area contributed by atoms with Crippen molar-refractivity contribution in [2.45, 2.75) is 32.0 Å². The smallest absolute Gasteiger partial charge is 0.277 e. The van der Waals surface area contributed by atoms with E-state index in [4.69, 9.17) is 0 Å². The lowest BCUT2D eigenvalue weighted by molar-refractivity contribution is -1.08. The van der Waals surface area contributed by atoms with Crippen molar-refractivity contribution in [3.63, 3.8) is 0 Å². The monoisotopic (exact) mass is 585 g/mol. The number of hydrogen-bond acceptors (Lipinski definition) is 6. The van der Waals surface area contributed by atoms with Crippen LogP contribution in [-0.4, -0.2) is 119 Å². The lowest BCUT2D eigenvalue weighted by Crippen LogP contribution is -2.75. The average molecular weight is 586 g/mol. The molecule has 0 radical (unpaired) electrons. The Kier molecular flexibility index (Phi) is 6.22. The number of carbonyl (C=O) groups excluding carboxylic acids is 4. The van der Waals surface area contributed by atoms with Gasteiger partial charge in [-0.05, 0) is 53.8 Å². The predicted octanol–water partition coefficient (Wildman–Crippen LogP) is 0.220. The number of piperazine rings is 3. The number of carbonyl (C=O) groups is 4. The van der Waals surface area contributed by atoms with Crippen molar-refractivity contribution in [3.8, 4) is 11.1 Å². The van der Waals surface area contributed by atoms with Crippen LogP contribution in [0.1, 0.15) is 40.4 Å². The molecule has 2 aromatic carbocycles. The number of rotatable bonds is 7. The Labute approximate surface area is 250 Å². The summed E-state index contributed by atoms with van der Waals surface area (Å²) in [6.45, 7) is 8.98. The molecule has 6 aliphatic rings. The van der Waals surface area contributed by atoms with E-state index in [1.807, 2.05) is 32.3 Å². The van der Waals surface area contributed by atoms with E-state index in [1.165, 1.54) is 4.90 Å². The highest BCUT2D eigenvalue weighted by Gasteiger charge is 2.55. The van der Waals surface area contributed by atoms with Gasteiger partial charge in [0.05, 0.1) is 29.7 Å². The summed E-state index contributed by atoms with van der Waals surface area (Å²) in [4.78, 5) is 53.7. The van der Waals surface area contributed by atoms with Gasteiger partial charge in [0.2, 0.25) is 5.91 Å². The quantitative estimate of drug-likeness (QED) is 0.313. The van der Waals surface area contributed by atoms with Crippen LogP contribution in [0.25, 0.3) is 16.7 Å². The number of nitrogens with zero attached hydrogens (tertiary/aromatic N) is 4. The zero-order valence-corrected chi connectivity index (χ0v) is 24.8.